The van der Waals surface area contributed by atoms with Gasteiger partial charge in [-0.1, -0.05) is 11.6 Å². The van der Waals surface area contributed by atoms with Crippen molar-refractivity contribution < 1.29 is 27.9 Å². The summed E-state index contributed by atoms with van der Waals surface area (Å²) >= 11 is 7.44. The van der Waals surface area contributed by atoms with Gasteiger partial charge >= 0.3 is 12.1 Å². The predicted octanol–water partition coefficient (Wildman–Crippen LogP) is 3.13. The zero-order chi connectivity index (χ0) is 23.3. The van der Waals surface area contributed by atoms with Gasteiger partial charge in [-0.2, -0.15) is 13.2 Å². The van der Waals surface area contributed by atoms with E-state index in [4.69, 9.17) is 21.5 Å². The number of carboxylic acid groups (broad SMARTS) is 1. The van der Waals surface area contributed by atoms with Crippen molar-refractivity contribution in [2.45, 2.75) is 12.6 Å². The summed E-state index contributed by atoms with van der Waals surface area (Å²) in [5, 5.41) is 19.7. The van der Waals surface area contributed by atoms with Crippen molar-refractivity contribution >= 4 is 52.0 Å². The molecule has 0 radical (unpaired) electrons. The van der Waals surface area contributed by atoms with Crippen LogP contribution in [0.3, 0.4) is 0 Å². The quantitative estimate of drug-likeness (QED) is 0.517. The van der Waals surface area contributed by atoms with Gasteiger partial charge in [0.15, 0.2) is 0 Å². The second-order valence-corrected chi connectivity index (χ2v) is 8.09. The number of rotatable bonds is 3. The molecule has 0 spiro atoms. The molecule has 3 aromatic rings. The molecule has 3 N–H and O–H groups in total. The zero-order valence-electron chi connectivity index (χ0n) is 16.4. The first-order valence-corrected chi connectivity index (χ1v) is 10.6. The normalized spacial score (nSPS) is 14.4. The van der Waals surface area contributed by atoms with Gasteiger partial charge in [0.05, 0.1) is 17.4 Å². The number of hydrogen-bond donors (Lipinski definition) is 3. The molecular weight excluding hydrogens is 473 g/mol. The van der Waals surface area contributed by atoms with Gasteiger partial charge in [0, 0.05) is 19.6 Å². The number of carbonyl (C=O) groups is 2. The maximum atomic E-state index is 12.6. The molecular formula is C18H18ClF3N6O3S. The van der Waals surface area contributed by atoms with E-state index in [2.05, 4.69) is 25.6 Å². The highest BCUT2D eigenvalue weighted by Crippen LogP contribution is 2.28. The van der Waals surface area contributed by atoms with Crippen molar-refractivity contribution in [1.29, 1.82) is 0 Å². The number of anilines is 2. The summed E-state index contributed by atoms with van der Waals surface area (Å²) < 4.78 is 33.9. The first kappa shape index (κ1) is 23.8. The summed E-state index contributed by atoms with van der Waals surface area (Å²) in [6.45, 7) is 3.64. The largest absolute Gasteiger partial charge is 0.490 e. The molecule has 32 heavy (non-hydrogen) atoms. The van der Waals surface area contributed by atoms with E-state index >= 15 is 0 Å². The summed E-state index contributed by atoms with van der Waals surface area (Å²) in [7, 11) is 0. The number of amides is 1. The fourth-order valence-corrected chi connectivity index (χ4v) is 3.66. The third-order valence-corrected chi connectivity index (χ3v) is 5.52. The Morgan fingerprint density at radius 3 is 2.62 bits per heavy atom. The van der Waals surface area contributed by atoms with E-state index in [1.807, 2.05) is 11.4 Å². The van der Waals surface area contributed by atoms with Crippen molar-refractivity contribution in [2.24, 2.45) is 0 Å². The molecule has 1 saturated heterocycles. The van der Waals surface area contributed by atoms with Crippen LogP contribution in [0.1, 0.15) is 16.9 Å². The summed E-state index contributed by atoms with van der Waals surface area (Å²) in [6, 6.07) is 5.36. The average molecular weight is 491 g/mol. The summed E-state index contributed by atoms with van der Waals surface area (Å²) in [5.74, 6) is -2.37. The van der Waals surface area contributed by atoms with E-state index in [1.54, 1.807) is 22.8 Å². The number of fused-ring (bicyclic) bond motifs is 1. The number of carbonyl (C=O) groups excluding carboxylic acids is 1. The lowest BCUT2D eigenvalue weighted by molar-refractivity contribution is -0.192. The number of hydrogen-bond acceptors (Lipinski definition) is 7. The van der Waals surface area contributed by atoms with Crippen LogP contribution in [-0.4, -0.2) is 63.9 Å². The Morgan fingerprint density at radius 2 is 1.97 bits per heavy atom. The van der Waals surface area contributed by atoms with Crippen LogP contribution in [0.4, 0.5) is 24.8 Å². The highest BCUT2D eigenvalue weighted by atomic mass is 35.5. The molecule has 1 aliphatic rings. The molecule has 3 aromatic heterocycles. The van der Waals surface area contributed by atoms with Crippen LogP contribution in [0, 0.1) is 0 Å². The Morgan fingerprint density at radius 1 is 1.22 bits per heavy atom. The van der Waals surface area contributed by atoms with Gasteiger partial charge < -0.3 is 20.6 Å². The van der Waals surface area contributed by atoms with Gasteiger partial charge in [0.2, 0.25) is 5.95 Å². The van der Waals surface area contributed by atoms with Crippen LogP contribution >= 0.6 is 22.9 Å². The van der Waals surface area contributed by atoms with Gasteiger partial charge in [-0.05, 0) is 36.5 Å². The molecule has 0 unspecified atom stereocenters. The molecule has 1 aliphatic heterocycles. The van der Waals surface area contributed by atoms with Crippen molar-refractivity contribution in [3.05, 3.63) is 39.8 Å². The molecule has 14 heteroatoms. The Bertz CT molecular complexity index is 1100. The molecule has 4 heterocycles. The smallest absolute Gasteiger partial charge is 0.475 e. The van der Waals surface area contributed by atoms with Crippen LogP contribution in [-0.2, 0) is 4.79 Å². The maximum absolute atomic E-state index is 12.6. The average Bonchev–Trinajstić information content (AvgIpc) is 3.23. The molecule has 0 atom stereocenters. The number of alkyl halides is 3. The minimum absolute atomic E-state index is 0.248. The maximum Gasteiger partial charge on any atom is 0.490 e. The number of carboxylic acids is 1. The number of nitrogens with one attached hydrogen (secondary N) is 2. The zero-order valence-corrected chi connectivity index (χ0v) is 18.0. The second kappa shape index (κ2) is 10.1. The minimum atomic E-state index is -5.08. The monoisotopic (exact) mass is 490 g/mol. The van der Waals surface area contributed by atoms with Crippen molar-refractivity contribution in [3.8, 4) is 0 Å². The minimum Gasteiger partial charge on any atom is -0.475 e. The van der Waals surface area contributed by atoms with Crippen LogP contribution < -0.4 is 15.5 Å². The predicted molar refractivity (Wildman–Crippen MR) is 114 cm³/mol. The van der Waals surface area contributed by atoms with E-state index < -0.39 is 12.1 Å². The standard InChI is InChI=1S/C16H17ClN6OS.C2HF3O2/c17-14-12(4-9-25-14)20-15(24)13-3-2-11-10-19-16(21-23(11)13)22-7-1-5-18-6-8-22;3-2(4,5)1(6)7/h2-4,9-10,18H,1,5-8H2,(H,20,24);(H,6,7). The van der Waals surface area contributed by atoms with Crippen LogP contribution in [0.2, 0.25) is 4.34 Å². The topological polar surface area (TPSA) is 112 Å². The fourth-order valence-electron chi connectivity index (χ4n) is 2.82. The van der Waals surface area contributed by atoms with Gasteiger partial charge in [-0.25, -0.2) is 14.3 Å². The first-order chi connectivity index (χ1) is 15.2. The van der Waals surface area contributed by atoms with Crippen molar-refractivity contribution in [3.63, 3.8) is 0 Å². The molecule has 172 valence electrons. The Hall–Kier alpha value is -2.90. The summed E-state index contributed by atoms with van der Waals surface area (Å²) in [4.78, 5) is 28.1. The van der Waals surface area contributed by atoms with Gasteiger partial charge in [-0.3, -0.25) is 4.79 Å². The van der Waals surface area contributed by atoms with Crippen molar-refractivity contribution in [2.75, 3.05) is 36.4 Å². The SMILES string of the molecule is O=C(Nc1ccsc1Cl)c1ccc2cnc(N3CCCNCC3)nn12.O=C(O)C(F)(F)F. The highest BCUT2D eigenvalue weighted by Gasteiger charge is 2.38. The number of halogens is 4. The second-order valence-electron chi connectivity index (χ2n) is 6.57. The molecule has 1 fully saturated rings. The highest BCUT2D eigenvalue weighted by molar-refractivity contribution is 7.15. The summed E-state index contributed by atoms with van der Waals surface area (Å²) in [6.07, 6.45) is -2.30. The fraction of sp³-hybridized carbons (Fsp3) is 0.333. The lowest BCUT2D eigenvalue weighted by atomic mass is 10.4. The van der Waals surface area contributed by atoms with Crippen molar-refractivity contribution in [1.82, 2.24) is 19.9 Å². The van der Waals surface area contributed by atoms with Crippen LogP contribution in [0.15, 0.2) is 29.8 Å². The third kappa shape index (κ3) is 5.87. The Balaban J connectivity index is 0.000000360. The Kier molecular flexibility index (Phi) is 7.53. The van der Waals surface area contributed by atoms with E-state index in [9.17, 15) is 18.0 Å². The molecule has 0 saturated carbocycles. The molecule has 0 aliphatic carbocycles. The molecule has 4 rings (SSSR count). The van der Waals surface area contributed by atoms with Gasteiger partial charge in [0.1, 0.15) is 10.0 Å². The van der Waals surface area contributed by atoms with Gasteiger partial charge in [-0.15, -0.1) is 16.4 Å². The van der Waals surface area contributed by atoms with E-state index in [1.165, 1.54) is 11.3 Å². The number of thiophene rings is 1. The van der Waals surface area contributed by atoms with Crippen LogP contribution in [0.5, 0.6) is 0 Å². The molecule has 0 bridgehead atoms. The molecule has 1 amide bonds. The van der Waals surface area contributed by atoms with E-state index in [0.717, 1.165) is 38.1 Å². The summed E-state index contributed by atoms with van der Waals surface area (Å²) in [5.41, 5.74) is 1.84. The van der Waals surface area contributed by atoms with E-state index in [-0.39, 0.29) is 5.91 Å². The van der Waals surface area contributed by atoms with E-state index in [0.29, 0.717) is 21.7 Å². The lowest BCUT2D eigenvalue weighted by Crippen LogP contribution is -2.30. The first-order valence-electron chi connectivity index (χ1n) is 9.31. The Labute approximate surface area is 188 Å². The van der Waals surface area contributed by atoms with Gasteiger partial charge in [0.25, 0.3) is 5.91 Å². The van der Waals surface area contributed by atoms with Crippen LogP contribution in [0.25, 0.3) is 5.52 Å². The molecule has 9 nitrogen and oxygen atoms in total. The number of aliphatic carboxylic acids is 1. The number of aromatic nitrogens is 3. The molecule has 0 aromatic carbocycles. The third-order valence-electron chi connectivity index (χ3n) is 4.35. The number of nitrogens with zero attached hydrogens (tertiary/aromatic N) is 4. The lowest BCUT2D eigenvalue weighted by Gasteiger charge is -2.19.